The first kappa shape index (κ1) is 66.6. The minimum absolute atomic E-state index is 0.475. The Bertz CT molecular complexity index is 6410. The number of nitriles is 4. The Kier molecular flexibility index (Phi) is 16.8. The number of benzene rings is 15. The molecule has 15 aromatic carbocycles. The molecule has 0 unspecified atom stereocenters. The van der Waals surface area contributed by atoms with Crippen LogP contribution in [0.25, 0.3) is 190 Å². The fourth-order valence-electron chi connectivity index (χ4n) is 15.5. The molecule has 0 aliphatic carbocycles. The quantitative estimate of drug-likeness (QED) is 0.102. The zero-order chi connectivity index (χ0) is 75.2. The molecule has 0 spiro atoms. The van der Waals surface area contributed by atoms with Crippen molar-refractivity contribution >= 4 is 43.6 Å². The highest BCUT2D eigenvalue weighted by atomic mass is 15.1. The van der Waals surface area contributed by atoms with Crippen LogP contribution in [-0.4, -0.2) is 39.0 Å². The molecule has 0 fully saturated rings. The first-order valence-electron chi connectivity index (χ1n) is 36.6. The fraction of sp³-hybridized carbons (Fsp3) is 0. The molecule has 518 valence electrons. The molecular formula is C100H58N12. The van der Waals surface area contributed by atoms with Gasteiger partial charge in [0, 0.05) is 66.1 Å². The number of aromatic nitrogens is 8. The highest BCUT2D eigenvalue weighted by Crippen LogP contribution is 2.46. The van der Waals surface area contributed by atoms with Crippen LogP contribution in [0.3, 0.4) is 0 Å². The van der Waals surface area contributed by atoms with E-state index in [4.69, 9.17) is 29.9 Å². The van der Waals surface area contributed by atoms with E-state index in [9.17, 15) is 21.0 Å². The van der Waals surface area contributed by atoms with Gasteiger partial charge in [-0.3, -0.25) is 0 Å². The van der Waals surface area contributed by atoms with Gasteiger partial charge >= 0.3 is 0 Å². The Morgan fingerprint density at radius 3 is 0.670 bits per heavy atom. The van der Waals surface area contributed by atoms with Gasteiger partial charge in [-0.2, -0.15) is 21.0 Å². The lowest BCUT2D eigenvalue weighted by Gasteiger charge is -2.19. The third-order valence-corrected chi connectivity index (χ3v) is 20.8. The standard InChI is InChI=1S/C100H58N12/c101-59-75-30-13-17-36-79(75)69-40-46-91-85(53-69)86-54-70(80-37-18-14-31-76(80)60-102)41-47-92(86)111(91)89-50-44-73(99-107-95(63-22-5-1-6-23-63)105-96(108-99)64-24-7-2-8-25-64)57-83(89)67-34-21-35-68(52-67)84-58-74(100-109-97(65-26-9-3-10-27-65)106-98(110-100)66-28-11-4-12-29-66)45-51-90(84)112-93-48-42-71(81-38-19-15-32-77(81)61-103)55-87(93)88-56-72(43-49-94(88)112)82-39-20-16-33-78(82)62-104/h1-58H. The van der Waals surface area contributed by atoms with Crippen LogP contribution in [0.2, 0.25) is 0 Å². The SMILES string of the molecule is N#Cc1ccccc1-c1ccc2c(c1)c1cc(-c3ccccc3C#N)ccc1n2-c1ccc(-c2nc(-c3ccccc3)nc(-c3ccccc3)n2)cc1-c1cccc(-c2cc(-c3nc(-c4ccccc4)nc(-c4ccccc4)n3)ccc2-n2c3ccc(-c4ccccc4C#N)cc3c3cc(-c4ccccc4C#N)ccc32)c1. The van der Waals surface area contributed by atoms with Crippen LogP contribution in [0.15, 0.2) is 352 Å². The van der Waals surface area contributed by atoms with E-state index in [1.807, 2.05) is 218 Å². The third kappa shape index (κ3) is 12.0. The molecule has 0 amide bonds. The van der Waals surface area contributed by atoms with Crippen LogP contribution in [0, 0.1) is 45.3 Å². The monoisotopic (exact) mass is 1430 g/mol. The van der Waals surface area contributed by atoms with E-state index in [-0.39, 0.29) is 0 Å². The summed E-state index contributed by atoms with van der Waals surface area (Å²) in [5.41, 5.74) is 22.6. The van der Waals surface area contributed by atoms with E-state index in [0.717, 1.165) is 155 Å². The molecule has 0 aliphatic heterocycles. The maximum Gasteiger partial charge on any atom is 0.164 e. The Morgan fingerprint density at radius 1 is 0.179 bits per heavy atom. The summed E-state index contributed by atoms with van der Waals surface area (Å²) in [6, 6.07) is 128. The predicted octanol–water partition coefficient (Wildman–Crippen LogP) is 23.7. The van der Waals surface area contributed by atoms with Crippen LogP contribution >= 0.6 is 0 Å². The second kappa shape index (κ2) is 28.3. The Morgan fingerprint density at radius 2 is 0.402 bits per heavy atom. The highest BCUT2D eigenvalue weighted by Gasteiger charge is 2.25. The molecule has 112 heavy (non-hydrogen) atoms. The summed E-state index contributed by atoms with van der Waals surface area (Å²) in [5.74, 6) is 3.04. The average Bonchev–Trinajstić information content (AvgIpc) is 1.52. The van der Waals surface area contributed by atoms with Crippen molar-refractivity contribution in [3.63, 3.8) is 0 Å². The molecule has 0 bridgehead atoms. The number of fused-ring (bicyclic) bond motifs is 6. The van der Waals surface area contributed by atoms with Crippen LogP contribution in [0.5, 0.6) is 0 Å². The highest BCUT2D eigenvalue weighted by molar-refractivity contribution is 6.14. The molecule has 0 N–H and O–H groups in total. The van der Waals surface area contributed by atoms with E-state index in [1.54, 1.807) is 0 Å². The van der Waals surface area contributed by atoms with E-state index in [0.29, 0.717) is 57.2 Å². The van der Waals surface area contributed by atoms with Gasteiger partial charge in [0.05, 0.1) is 80.0 Å². The van der Waals surface area contributed by atoms with Crippen molar-refractivity contribution in [2.75, 3.05) is 0 Å². The maximum absolute atomic E-state index is 10.5. The van der Waals surface area contributed by atoms with Crippen LogP contribution in [0.1, 0.15) is 22.3 Å². The van der Waals surface area contributed by atoms with Crippen LogP contribution < -0.4 is 0 Å². The maximum atomic E-state index is 10.5. The zero-order valence-corrected chi connectivity index (χ0v) is 59.9. The first-order chi connectivity index (χ1) is 55.3. The molecule has 19 rings (SSSR count). The fourth-order valence-corrected chi connectivity index (χ4v) is 15.5. The van der Waals surface area contributed by atoms with Crippen molar-refractivity contribution < 1.29 is 0 Å². The number of nitrogens with zero attached hydrogens (tertiary/aromatic N) is 12. The van der Waals surface area contributed by atoms with Gasteiger partial charge in [0.2, 0.25) is 0 Å². The summed E-state index contributed by atoms with van der Waals surface area (Å²) < 4.78 is 4.64. The smallest absolute Gasteiger partial charge is 0.164 e. The van der Waals surface area contributed by atoms with Gasteiger partial charge in [-0.05, 0) is 171 Å². The molecule has 4 heterocycles. The van der Waals surface area contributed by atoms with Crippen molar-refractivity contribution in [2.45, 2.75) is 0 Å². The van der Waals surface area contributed by atoms with Gasteiger partial charge in [-0.15, -0.1) is 0 Å². The number of rotatable bonds is 14. The van der Waals surface area contributed by atoms with Gasteiger partial charge < -0.3 is 9.13 Å². The van der Waals surface area contributed by atoms with Crippen molar-refractivity contribution in [1.29, 1.82) is 21.0 Å². The molecular weight excluding hydrogens is 1370 g/mol. The van der Waals surface area contributed by atoms with Gasteiger partial charge in [-0.1, -0.05) is 237 Å². The minimum atomic E-state index is 0.475. The van der Waals surface area contributed by atoms with Crippen LogP contribution in [-0.2, 0) is 0 Å². The third-order valence-electron chi connectivity index (χ3n) is 20.8. The molecule has 0 radical (unpaired) electrons. The second-order valence-corrected chi connectivity index (χ2v) is 27.3. The molecule has 0 saturated carbocycles. The Labute approximate surface area is 644 Å². The predicted molar refractivity (Wildman–Crippen MR) is 446 cm³/mol. The lowest BCUT2D eigenvalue weighted by atomic mass is 9.94. The summed E-state index contributed by atoms with van der Waals surface area (Å²) in [6.07, 6.45) is 0. The first-order valence-corrected chi connectivity index (χ1v) is 36.6. The van der Waals surface area contributed by atoms with Gasteiger partial charge in [0.15, 0.2) is 34.9 Å². The number of hydrogen-bond acceptors (Lipinski definition) is 10. The summed E-state index contributed by atoms with van der Waals surface area (Å²) in [7, 11) is 0. The van der Waals surface area contributed by atoms with Gasteiger partial charge in [0.1, 0.15) is 0 Å². The van der Waals surface area contributed by atoms with E-state index >= 15 is 0 Å². The van der Waals surface area contributed by atoms with Crippen molar-refractivity contribution in [2.24, 2.45) is 0 Å². The van der Waals surface area contributed by atoms with Crippen molar-refractivity contribution in [3.8, 4) is 171 Å². The Hall–Kier alpha value is -16.1. The van der Waals surface area contributed by atoms with E-state index in [1.165, 1.54) is 0 Å². The van der Waals surface area contributed by atoms with Gasteiger partial charge in [-0.25, -0.2) is 29.9 Å². The lowest BCUT2D eigenvalue weighted by Crippen LogP contribution is -2.02. The number of hydrogen-bond donors (Lipinski definition) is 0. The Balaban J connectivity index is 0.889. The molecule has 0 aliphatic rings. The van der Waals surface area contributed by atoms with Crippen molar-refractivity contribution in [3.05, 3.63) is 374 Å². The average molecular weight is 1430 g/mol. The minimum Gasteiger partial charge on any atom is -0.309 e. The summed E-state index contributed by atoms with van der Waals surface area (Å²) in [4.78, 5) is 31.5. The molecule has 0 saturated heterocycles. The summed E-state index contributed by atoms with van der Waals surface area (Å²) in [5, 5.41) is 45.9. The largest absolute Gasteiger partial charge is 0.309 e. The molecule has 0 atom stereocenters. The topological polar surface area (TPSA) is 182 Å². The molecule has 12 nitrogen and oxygen atoms in total. The molecule has 12 heteroatoms. The lowest BCUT2D eigenvalue weighted by molar-refractivity contribution is 1.07. The molecule has 4 aromatic heterocycles. The summed E-state index contributed by atoms with van der Waals surface area (Å²) in [6.45, 7) is 0. The van der Waals surface area contributed by atoms with E-state index < -0.39 is 0 Å². The normalized spacial score (nSPS) is 11.2. The van der Waals surface area contributed by atoms with Crippen LogP contribution in [0.4, 0.5) is 0 Å². The second-order valence-electron chi connectivity index (χ2n) is 27.3. The molecule has 19 aromatic rings. The zero-order valence-electron chi connectivity index (χ0n) is 59.9. The van der Waals surface area contributed by atoms with Crippen molar-refractivity contribution in [1.82, 2.24) is 39.0 Å². The summed E-state index contributed by atoms with van der Waals surface area (Å²) >= 11 is 0. The van der Waals surface area contributed by atoms with Gasteiger partial charge in [0.25, 0.3) is 0 Å². The van der Waals surface area contributed by atoms with E-state index in [2.05, 4.69) is 167 Å².